The van der Waals surface area contributed by atoms with Crippen molar-refractivity contribution in [1.29, 1.82) is 0 Å². The van der Waals surface area contributed by atoms with Crippen LogP contribution in [0.5, 0.6) is 0 Å². The third kappa shape index (κ3) is 26.5. The Kier molecular flexibility index (Phi) is 33.8. The summed E-state index contributed by atoms with van der Waals surface area (Å²) < 4.78 is 11.2. The first-order chi connectivity index (χ1) is 26.3. The first-order valence-electron chi connectivity index (χ1n) is 22.5. The summed E-state index contributed by atoms with van der Waals surface area (Å²) in [6.45, 7) is 3.80. The van der Waals surface area contributed by atoms with E-state index in [2.05, 4.69) is 43.5 Å². The van der Waals surface area contributed by atoms with E-state index in [-0.39, 0.29) is 12.5 Å². The van der Waals surface area contributed by atoms with Crippen molar-refractivity contribution in [2.24, 2.45) is 0 Å². The molecule has 7 unspecified atom stereocenters. The highest BCUT2D eigenvalue weighted by Crippen LogP contribution is 2.23. The van der Waals surface area contributed by atoms with Crippen LogP contribution < -0.4 is 5.32 Å². The summed E-state index contributed by atoms with van der Waals surface area (Å²) in [4.78, 5) is 13.0. The molecule has 1 aliphatic rings. The second kappa shape index (κ2) is 36.0. The van der Waals surface area contributed by atoms with Gasteiger partial charge in [0, 0.05) is 6.42 Å². The van der Waals surface area contributed by atoms with Crippen LogP contribution in [0.4, 0.5) is 0 Å². The maximum absolute atomic E-state index is 13.0. The number of hydrogen-bond donors (Lipinski definition) is 6. The Morgan fingerprint density at radius 2 is 1.09 bits per heavy atom. The summed E-state index contributed by atoms with van der Waals surface area (Å²) in [5, 5.41) is 54.3. The van der Waals surface area contributed by atoms with Gasteiger partial charge >= 0.3 is 0 Å². The molecular formula is C45H85NO8. The number of ether oxygens (including phenoxy) is 2. The second-order valence-corrected chi connectivity index (χ2v) is 15.8. The molecule has 1 saturated heterocycles. The van der Waals surface area contributed by atoms with Gasteiger partial charge in [0.1, 0.15) is 24.4 Å². The number of allylic oxidation sites excluding steroid dienone is 4. The highest BCUT2D eigenvalue weighted by atomic mass is 16.7. The second-order valence-electron chi connectivity index (χ2n) is 15.8. The van der Waals surface area contributed by atoms with Crippen molar-refractivity contribution in [2.75, 3.05) is 13.2 Å². The molecule has 1 fully saturated rings. The van der Waals surface area contributed by atoms with E-state index in [1.165, 1.54) is 122 Å². The maximum atomic E-state index is 13.0. The van der Waals surface area contributed by atoms with Gasteiger partial charge in [-0.3, -0.25) is 4.79 Å². The molecule has 0 spiro atoms. The Morgan fingerprint density at radius 1 is 0.630 bits per heavy atom. The molecule has 1 aliphatic heterocycles. The number of rotatable bonds is 37. The van der Waals surface area contributed by atoms with E-state index >= 15 is 0 Å². The van der Waals surface area contributed by atoms with E-state index < -0.39 is 49.5 Å². The van der Waals surface area contributed by atoms with Crippen LogP contribution in [0.3, 0.4) is 0 Å². The summed E-state index contributed by atoms with van der Waals surface area (Å²) in [6, 6.07) is -0.720. The van der Waals surface area contributed by atoms with Crippen LogP contribution in [-0.4, -0.2) is 87.5 Å². The number of amides is 1. The molecule has 0 aromatic rings. The third-order valence-corrected chi connectivity index (χ3v) is 10.8. The van der Waals surface area contributed by atoms with E-state index in [0.717, 1.165) is 51.4 Å². The third-order valence-electron chi connectivity index (χ3n) is 10.8. The van der Waals surface area contributed by atoms with Gasteiger partial charge in [-0.15, -0.1) is 0 Å². The minimum atomic E-state index is -1.55. The molecule has 54 heavy (non-hydrogen) atoms. The predicted molar refractivity (Wildman–Crippen MR) is 221 cm³/mol. The normalized spacial score (nSPS) is 21.6. The molecule has 0 aliphatic carbocycles. The molecule has 0 radical (unpaired) electrons. The molecule has 0 saturated carbocycles. The fraction of sp³-hybridized carbons (Fsp3) is 0.889. The number of nitrogens with one attached hydrogen (secondary N) is 1. The molecule has 318 valence electrons. The monoisotopic (exact) mass is 768 g/mol. The highest BCUT2D eigenvalue weighted by molar-refractivity contribution is 5.76. The van der Waals surface area contributed by atoms with Crippen LogP contribution in [0.1, 0.15) is 200 Å². The number of aliphatic hydroxyl groups is 5. The van der Waals surface area contributed by atoms with Crippen LogP contribution in [0.15, 0.2) is 24.3 Å². The predicted octanol–water partition coefficient (Wildman–Crippen LogP) is 9.11. The number of unbranched alkanes of at least 4 members (excludes halogenated alkanes) is 23. The zero-order valence-electron chi connectivity index (χ0n) is 34.7. The smallest absolute Gasteiger partial charge is 0.220 e. The van der Waals surface area contributed by atoms with Gasteiger partial charge in [0.05, 0.1) is 25.4 Å². The molecule has 1 amide bonds. The molecule has 0 aromatic carbocycles. The van der Waals surface area contributed by atoms with Crippen molar-refractivity contribution < 1.29 is 39.8 Å². The zero-order chi connectivity index (χ0) is 39.5. The largest absolute Gasteiger partial charge is 0.394 e. The van der Waals surface area contributed by atoms with E-state index in [4.69, 9.17) is 9.47 Å². The Hall–Kier alpha value is -1.33. The summed E-state index contributed by atoms with van der Waals surface area (Å²) >= 11 is 0. The van der Waals surface area contributed by atoms with Gasteiger partial charge in [0.25, 0.3) is 0 Å². The van der Waals surface area contributed by atoms with Gasteiger partial charge in [0.15, 0.2) is 6.29 Å². The van der Waals surface area contributed by atoms with Crippen molar-refractivity contribution in [2.45, 2.75) is 243 Å². The molecule has 9 heteroatoms. The van der Waals surface area contributed by atoms with E-state index in [1.54, 1.807) is 0 Å². The summed E-state index contributed by atoms with van der Waals surface area (Å²) in [5.41, 5.74) is 0. The molecule has 6 N–H and O–H groups in total. The van der Waals surface area contributed by atoms with Crippen LogP contribution in [0, 0.1) is 0 Å². The molecule has 0 aromatic heterocycles. The van der Waals surface area contributed by atoms with Crippen molar-refractivity contribution in [3.05, 3.63) is 24.3 Å². The topological polar surface area (TPSA) is 149 Å². The Morgan fingerprint density at radius 3 is 1.63 bits per heavy atom. The minimum absolute atomic E-state index is 0.140. The van der Waals surface area contributed by atoms with Gasteiger partial charge in [-0.05, 0) is 44.9 Å². The standard InChI is InChI=1S/C45H85NO8/c1-3-5-7-9-11-13-15-17-19-20-21-23-25-27-29-31-33-35-41(49)46-38(37-53-45-44(52)43(51)42(50)40(36-47)54-45)39(48)34-32-30-28-26-24-22-18-16-14-12-10-8-6-4-2/h11,13,17,19,38-40,42-45,47-48,50-52H,3-10,12,14-16,18,20-37H2,1-2H3,(H,46,49)/b13-11-,19-17-. The number of hydrogen-bond acceptors (Lipinski definition) is 8. The van der Waals surface area contributed by atoms with Crippen LogP contribution in [-0.2, 0) is 14.3 Å². The quantitative estimate of drug-likeness (QED) is 0.0271. The molecule has 1 heterocycles. The summed E-state index contributed by atoms with van der Waals surface area (Å²) in [7, 11) is 0. The lowest BCUT2D eigenvalue weighted by molar-refractivity contribution is -0.302. The molecule has 1 rings (SSSR count). The van der Waals surface area contributed by atoms with E-state index in [1.807, 2.05) is 0 Å². The lowest BCUT2D eigenvalue weighted by Gasteiger charge is -2.40. The van der Waals surface area contributed by atoms with Gasteiger partial charge in [-0.2, -0.15) is 0 Å². The Labute approximate surface area is 330 Å². The minimum Gasteiger partial charge on any atom is -0.394 e. The maximum Gasteiger partial charge on any atom is 0.220 e. The molecule has 9 nitrogen and oxygen atoms in total. The molecule has 7 atom stereocenters. The van der Waals surface area contributed by atoms with Crippen LogP contribution in [0.2, 0.25) is 0 Å². The molecule has 0 bridgehead atoms. The van der Waals surface area contributed by atoms with Gasteiger partial charge in [-0.25, -0.2) is 0 Å². The van der Waals surface area contributed by atoms with Crippen molar-refractivity contribution >= 4 is 5.91 Å². The average molecular weight is 768 g/mol. The Balaban J connectivity index is 2.35. The fourth-order valence-electron chi connectivity index (χ4n) is 7.13. The lowest BCUT2D eigenvalue weighted by Crippen LogP contribution is -2.60. The van der Waals surface area contributed by atoms with Crippen molar-refractivity contribution in [3.63, 3.8) is 0 Å². The number of carbonyl (C=O) groups is 1. The van der Waals surface area contributed by atoms with Crippen LogP contribution in [0.25, 0.3) is 0 Å². The summed E-state index contributed by atoms with van der Waals surface area (Å²) in [6.07, 6.45) is 34.6. The van der Waals surface area contributed by atoms with E-state index in [9.17, 15) is 30.3 Å². The first kappa shape index (κ1) is 50.7. The van der Waals surface area contributed by atoms with Gasteiger partial charge < -0.3 is 40.3 Å². The number of carbonyl (C=O) groups excluding carboxylic acids is 1. The molecular weight excluding hydrogens is 682 g/mol. The van der Waals surface area contributed by atoms with Crippen molar-refractivity contribution in [3.8, 4) is 0 Å². The summed E-state index contributed by atoms with van der Waals surface area (Å²) in [5.74, 6) is -0.153. The van der Waals surface area contributed by atoms with Crippen molar-refractivity contribution in [1.82, 2.24) is 5.32 Å². The average Bonchev–Trinajstić information content (AvgIpc) is 3.17. The van der Waals surface area contributed by atoms with E-state index in [0.29, 0.717) is 12.8 Å². The fourth-order valence-corrected chi connectivity index (χ4v) is 7.13. The Bertz CT molecular complexity index is 899. The first-order valence-corrected chi connectivity index (χ1v) is 22.5. The SMILES string of the molecule is CCCCC/C=C\C/C=C\CCCCCCCCCC(=O)NC(COC1OC(CO)C(O)C(O)C1O)C(O)CCCCCCCCCCCCCCCC. The van der Waals surface area contributed by atoms with Gasteiger partial charge in [0.2, 0.25) is 5.91 Å². The zero-order valence-corrected chi connectivity index (χ0v) is 34.7. The van der Waals surface area contributed by atoms with Crippen LogP contribution >= 0.6 is 0 Å². The number of aliphatic hydroxyl groups excluding tert-OH is 5. The highest BCUT2D eigenvalue weighted by Gasteiger charge is 2.44. The lowest BCUT2D eigenvalue weighted by atomic mass is 9.99. The van der Waals surface area contributed by atoms with Gasteiger partial charge in [-0.1, -0.05) is 173 Å².